The van der Waals surface area contributed by atoms with Crippen LogP contribution in [-0.2, 0) is 12.8 Å². The smallest absolute Gasteiger partial charge is 0.0378 e. The molecular formula is C12H13BrS. The van der Waals surface area contributed by atoms with Crippen LogP contribution in [0.1, 0.15) is 25.0 Å². The largest absolute Gasteiger partial charge is 0.144 e. The summed E-state index contributed by atoms with van der Waals surface area (Å²) < 4.78 is 2.73. The average molecular weight is 269 g/mol. The van der Waals surface area contributed by atoms with E-state index in [4.69, 9.17) is 0 Å². The van der Waals surface area contributed by atoms with Gasteiger partial charge in [-0.15, -0.1) is 11.3 Å². The van der Waals surface area contributed by atoms with E-state index in [0.717, 1.165) is 12.8 Å². The number of fused-ring (bicyclic) bond motifs is 1. The third kappa shape index (κ3) is 1.51. The van der Waals surface area contributed by atoms with Crippen molar-refractivity contribution < 1.29 is 0 Å². The van der Waals surface area contributed by atoms with Crippen LogP contribution in [0.4, 0.5) is 0 Å². The van der Waals surface area contributed by atoms with Crippen molar-refractivity contribution in [1.82, 2.24) is 0 Å². The van der Waals surface area contributed by atoms with Crippen LogP contribution in [0, 0.1) is 0 Å². The highest BCUT2D eigenvalue weighted by molar-refractivity contribution is 9.10. The van der Waals surface area contributed by atoms with E-state index < -0.39 is 0 Å². The minimum Gasteiger partial charge on any atom is -0.144 e. The molecule has 0 N–H and O–H groups in total. The fraction of sp³-hybridized carbons (Fsp3) is 0.333. The highest BCUT2D eigenvalue weighted by Gasteiger charge is 2.09. The highest BCUT2D eigenvalue weighted by atomic mass is 79.9. The number of aryl methyl sites for hydroxylation is 1. The van der Waals surface area contributed by atoms with E-state index in [1.807, 2.05) is 11.3 Å². The monoisotopic (exact) mass is 268 g/mol. The van der Waals surface area contributed by atoms with Gasteiger partial charge in [0.1, 0.15) is 0 Å². The first-order valence-electron chi connectivity index (χ1n) is 4.95. The van der Waals surface area contributed by atoms with Crippen LogP contribution >= 0.6 is 27.3 Å². The summed E-state index contributed by atoms with van der Waals surface area (Å²) in [5.41, 5.74) is 2.99. The third-order valence-electron chi connectivity index (χ3n) is 2.61. The summed E-state index contributed by atoms with van der Waals surface area (Å²) >= 11 is 5.51. The van der Waals surface area contributed by atoms with Gasteiger partial charge in [-0.25, -0.2) is 0 Å². The minimum atomic E-state index is 1.11. The Morgan fingerprint density at radius 3 is 2.57 bits per heavy atom. The normalized spacial score (nSPS) is 11.1. The molecule has 0 aliphatic heterocycles. The summed E-state index contributed by atoms with van der Waals surface area (Å²) in [6.07, 6.45) is 2.23. The molecule has 0 aliphatic rings. The summed E-state index contributed by atoms with van der Waals surface area (Å²) in [6.45, 7) is 4.46. The van der Waals surface area contributed by atoms with Crippen LogP contribution in [0.15, 0.2) is 22.0 Å². The van der Waals surface area contributed by atoms with E-state index >= 15 is 0 Å². The molecule has 2 aromatic rings. The molecule has 2 heteroatoms. The molecule has 0 spiro atoms. The van der Waals surface area contributed by atoms with E-state index in [1.54, 1.807) is 0 Å². The SMILES string of the molecule is CCc1c(Br)cc2ccsc2c1CC. The number of halogens is 1. The number of hydrogen-bond donors (Lipinski definition) is 0. The summed E-state index contributed by atoms with van der Waals surface area (Å²) in [5.74, 6) is 0. The molecule has 14 heavy (non-hydrogen) atoms. The maximum Gasteiger partial charge on any atom is 0.0378 e. The average Bonchev–Trinajstić information content (AvgIpc) is 2.62. The van der Waals surface area contributed by atoms with Gasteiger partial charge in [0.2, 0.25) is 0 Å². The van der Waals surface area contributed by atoms with Crippen molar-refractivity contribution in [3.63, 3.8) is 0 Å². The van der Waals surface area contributed by atoms with Crippen molar-refractivity contribution in [2.45, 2.75) is 26.7 Å². The molecule has 0 saturated heterocycles. The molecule has 2 rings (SSSR count). The third-order valence-corrected chi connectivity index (χ3v) is 4.31. The molecule has 0 fully saturated rings. The van der Waals surface area contributed by atoms with Crippen LogP contribution in [0.5, 0.6) is 0 Å². The van der Waals surface area contributed by atoms with Crippen molar-refractivity contribution in [2.75, 3.05) is 0 Å². The number of benzene rings is 1. The quantitative estimate of drug-likeness (QED) is 0.735. The predicted octanol–water partition coefficient (Wildman–Crippen LogP) is 4.79. The van der Waals surface area contributed by atoms with Crippen molar-refractivity contribution in [3.8, 4) is 0 Å². The molecular weight excluding hydrogens is 256 g/mol. The number of rotatable bonds is 2. The van der Waals surface area contributed by atoms with Gasteiger partial charge < -0.3 is 0 Å². The molecule has 74 valence electrons. The van der Waals surface area contributed by atoms with E-state index in [1.165, 1.54) is 25.7 Å². The highest BCUT2D eigenvalue weighted by Crippen LogP contribution is 2.33. The molecule has 0 saturated carbocycles. The fourth-order valence-corrected chi connectivity index (χ4v) is 3.73. The van der Waals surface area contributed by atoms with Gasteiger partial charge in [-0.1, -0.05) is 29.8 Å². The summed E-state index contributed by atoms with van der Waals surface area (Å²) in [5, 5.41) is 3.55. The second kappa shape index (κ2) is 4.03. The molecule has 0 unspecified atom stereocenters. The first-order chi connectivity index (χ1) is 6.77. The van der Waals surface area contributed by atoms with Gasteiger partial charge >= 0.3 is 0 Å². The Morgan fingerprint density at radius 1 is 1.21 bits per heavy atom. The molecule has 1 heterocycles. The summed E-state index contributed by atoms with van der Waals surface area (Å²) in [7, 11) is 0. The second-order valence-corrected chi connectivity index (χ2v) is 5.13. The van der Waals surface area contributed by atoms with Crippen molar-refractivity contribution in [1.29, 1.82) is 0 Å². The summed E-state index contributed by atoms with van der Waals surface area (Å²) in [6, 6.07) is 4.44. The molecule has 1 aromatic heterocycles. The molecule has 1 aromatic carbocycles. The zero-order chi connectivity index (χ0) is 10.1. The van der Waals surface area contributed by atoms with Crippen molar-refractivity contribution in [3.05, 3.63) is 33.1 Å². The lowest BCUT2D eigenvalue weighted by atomic mass is 10.0. The van der Waals surface area contributed by atoms with E-state index in [0.29, 0.717) is 0 Å². The fourth-order valence-electron chi connectivity index (χ4n) is 1.94. The Hall–Kier alpha value is -0.340. The Balaban J connectivity index is 2.82. The Morgan fingerprint density at radius 2 is 1.93 bits per heavy atom. The number of thiophene rings is 1. The van der Waals surface area contributed by atoms with Crippen LogP contribution < -0.4 is 0 Å². The molecule has 0 nitrogen and oxygen atoms in total. The van der Waals surface area contributed by atoms with Gasteiger partial charge in [0, 0.05) is 9.17 Å². The Kier molecular flexibility index (Phi) is 2.93. The van der Waals surface area contributed by atoms with Gasteiger partial charge in [-0.3, -0.25) is 0 Å². The van der Waals surface area contributed by atoms with Crippen molar-refractivity contribution >= 4 is 37.4 Å². The first-order valence-corrected chi connectivity index (χ1v) is 6.62. The molecule has 0 bridgehead atoms. The minimum absolute atomic E-state index is 1.11. The van der Waals surface area contributed by atoms with Crippen LogP contribution in [0.2, 0.25) is 0 Å². The van der Waals surface area contributed by atoms with Crippen LogP contribution in [0.25, 0.3) is 10.1 Å². The topological polar surface area (TPSA) is 0 Å². The Labute approximate surface area is 97.1 Å². The molecule has 0 radical (unpaired) electrons. The van der Waals surface area contributed by atoms with Gasteiger partial charge in [-0.05, 0) is 46.9 Å². The summed E-state index contributed by atoms with van der Waals surface area (Å²) in [4.78, 5) is 0. The predicted molar refractivity (Wildman–Crippen MR) is 68.3 cm³/mol. The zero-order valence-electron chi connectivity index (χ0n) is 8.43. The van der Waals surface area contributed by atoms with Gasteiger partial charge in [0.15, 0.2) is 0 Å². The maximum atomic E-state index is 3.66. The lowest BCUT2D eigenvalue weighted by Crippen LogP contribution is -1.92. The molecule has 0 amide bonds. The van der Waals surface area contributed by atoms with Crippen LogP contribution in [0.3, 0.4) is 0 Å². The molecule has 0 atom stereocenters. The zero-order valence-corrected chi connectivity index (χ0v) is 10.8. The maximum absolute atomic E-state index is 3.66. The van der Waals surface area contributed by atoms with Gasteiger partial charge in [-0.2, -0.15) is 0 Å². The molecule has 0 aliphatic carbocycles. The van der Waals surface area contributed by atoms with Crippen molar-refractivity contribution in [2.24, 2.45) is 0 Å². The Bertz CT molecular complexity index is 457. The number of hydrogen-bond acceptors (Lipinski definition) is 1. The lowest BCUT2D eigenvalue weighted by Gasteiger charge is -2.09. The standard InChI is InChI=1S/C12H13BrS/c1-3-9-10(4-2)12-8(5-6-14-12)7-11(9)13/h5-7H,3-4H2,1-2H3. The van der Waals surface area contributed by atoms with Crippen LogP contribution in [-0.4, -0.2) is 0 Å². The van der Waals surface area contributed by atoms with Gasteiger partial charge in [0.25, 0.3) is 0 Å². The lowest BCUT2D eigenvalue weighted by molar-refractivity contribution is 1.05. The van der Waals surface area contributed by atoms with Gasteiger partial charge in [0.05, 0.1) is 0 Å². The van der Waals surface area contributed by atoms with E-state index in [2.05, 4.69) is 47.3 Å². The van der Waals surface area contributed by atoms with E-state index in [-0.39, 0.29) is 0 Å². The van der Waals surface area contributed by atoms with E-state index in [9.17, 15) is 0 Å². The second-order valence-electron chi connectivity index (χ2n) is 3.36. The first kappa shape index (κ1) is 10.2.